The summed E-state index contributed by atoms with van der Waals surface area (Å²) in [6.07, 6.45) is 0. The summed E-state index contributed by atoms with van der Waals surface area (Å²) in [7, 11) is -1.65. The van der Waals surface area contributed by atoms with E-state index in [0.717, 1.165) is 11.1 Å². The first kappa shape index (κ1) is 15.1. The first-order valence-corrected chi connectivity index (χ1v) is 7.58. The summed E-state index contributed by atoms with van der Waals surface area (Å²) < 4.78 is 25.5. The second kappa shape index (κ2) is 6.31. The fraction of sp³-hybridized carbons (Fsp3) is 0.538. The molecule has 0 heterocycles. The molecule has 4 nitrogen and oxygen atoms in total. The third-order valence-corrected chi connectivity index (χ3v) is 4.45. The zero-order chi connectivity index (χ0) is 13.8. The van der Waals surface area contributed by atoms with Crippen molar-refractivity contribution in [2.24, 2.45) is 5.92 Å². The highest BCUT2D eigenvalue weighted by Crippen LogP contribution is 2.12. The van der Waals surface area contributed by atoms with Crippen molar-refractivity contribution in [2.75, 3.05) is 13.6 Å². The fourth-order valence-electron chi connectivity index (χ4n) is 1.69. The van der Waals surface area contributed by atoms with E-state index in [1.54, 1.807) is 31.3 Å². The fourth-order valence-corrected chi connectivity index (χ4v) is 3.05. The van der Waals surface area contributed by atoms with E-state index in [4.69, 9.17) is 5.11 Å². The van der Waals surface area contributed by atoms with Crippen LogP contribution in [0.4, 0.5) is 0 Å². The predicted molar refractivity (Wildman–Crippen MR) is 72.5 cm³/mol. The van der Waals surface area contributed by atoms with Crippen LogP contribution in [0.15, 0.2) is 24.3 Å². The highest BCUT2D eigenvalue weighted by molar-refractivity contribution is 7.88. The lowest BCUT2D eigenvalue weighted by Crippen LogP contribution is -2.31. The molecule has 1 aromatic rings. The van der Waals surface area contributed by atoms with Crippen molar-refractivity contribution in [1.82, 2.24) is 4.31 Å². The molecule has 102 valence electrons. The molecule has 0 aromatic heterocycles. The smallest absolute Gasteiger partial charge is 0.218 e. The third-order valence-electron chi connectivity index (χ3n) is 2.65. The molecule has 0 bridgehead atoms. The van der Waals surface area contributed by atoms with Crippen LogP contribution >= 0.6 is 0 Å². The van der Waals surface area contributed by atoms with Gasteiger partial charge in [0.25, 0.3) is 0 Å². The molecule has 0 fully saturated rings. The topological polar surface area (TPSA) is 57.6 Å². The second-order valence-corrected chi connectivity index (χ2v) is 6.98. The summed E-state index contributed by atoms with van der Waals surface area (Å²) in [5.74, 6) is 0.309. The van der Waals surface area contributed by atoms with Crippen LogP contribution < -0.4 is 0 Å². The Bertz CT molecular complexity index is 466. The Balaban J connectivity index is 2.75. The van der Waals surface area contributed by atoms with E-state index in [-0.39, 0.29) is 12.4 Å². The van der Waals surface area contributed by atoms with Gasteiger partial charge in [0.15, 0.2) is 0 Å². The Morgan fingerprint density at radius 2 is 1.67 bits per heavy atom. The lowest BCUT2D eigenvalue weighted by Gasteiger charge is -2.19. The van der Waals surface area contributed by atoms with E-state index in [1.165, 1.54) is 4.31 Å². The minimum absolute atomic E-state index is 0.00191. The van der Waals surface area contributed by atoms with Gasteiger partial charge in [-0.2, -0.15) is 0 Å². The van der Waals surface area contributed by atoms with Crippen LogP contribution in [0.3, 0.4) is 0 Å². The molecular weight excluding hydrogens is 250 g/mol. The van der Waals surface area contributed by atoms with Gasteiger partial charge in [0.05, 0.1) is 12.4 Å². The molecule has 0 aliphatic carbocycles. The van der Waals surface area contributed by atoms with Crippen molar-refractivity contribution in [3.05, 3.63) is 35.4 Å². The van der Waals surface area contributed by atoms with Crippen LogP contribution in [0.1, 0.15) is 25.0 Å². The van der Waals surface area contributed by atoms with Gasteiger partial charge in [-0.05, 0) is 17.0 Å². The molecule has 0 spiro atoms. The van der Waals surface area contributed by atoms with Gasteiger partial charge >= 0.3 is 0 Å². The Morgan fingerprint density at radius 3 is 2.11 bits per heavy atom. The summed E-state index contributed by atoms with van der Waals surface area (Å²) in [5.41, 5.74) is 1.52. The summed E-state index contributed by atoms with van der Waals surface area (Å²) in [6.45, 7) is 4.47. The number of nitrogens with zero attached hydrogens (tertiary/aromatic N) is 1. The number of rotatable bonds is 6. The largest absolute Gasteiger partial charge is 0.392 e. The zero-order valence-electron chi connectivity index (χ0n) is 11.1. The number of sulfonamides is 1. The van der Waals surface area contributed by atoms with Gasteiger partial charge in [-0.3, -0.25) is 0 Å². The van der Waals surface area contributed by atoms with Crippen LogP contribution in [0, 0.1) is 5.92 Å². The molecule has 0 atom stereocenters. The van der Waals surface area contributed by atoms with Gasteiger partial charge < -0.3 is 5.11 Å². The van der Waals surface area contributed by atoms with E-state index in [0.29, 0.717) is 12.5 Å². The summed E-state index contributed by atoms with van der Waals surface area (Å²) >= 11 is 0. The molecule has 0 aliphatic heterocycles. The average molecular weight is 271 g/mol. The van der Waals surface area contributed by atoms with E-state index >= 15 is 0 Å². The monoisotopic (exact) mass is 271 g/mol. The lowest BCUT2D eigenvalue weighted by molar-refractivity contribution is 0.282. The van der Waals surface area contributed by atoms with E-state index < -0.39 is 10.0 Å². The average Bonchev–Trinajstić information content (AvgIpc) is 2.28. The first-order chi connectivity index (χ1) is 8.35. The zero-order valence-corrected chi connectivity index (χ0v) is 11.9. The second-order valence-electron chi connectivity index (χ2n) is 4.91. The van der Waals surface area contributed by atoms with Gasteiger partial charge in [-0.25, -0.2) is 12.7 Å². The minimum atomic E-state index is -3.26. The number of aliphatic hydroxyl groups excluding tert-OH is 1. The summed E-state index contributed by atoms with van der Waals surface area (Å²) in [5, 5.41) is 8.92. The van der Waals surface area contributed by atoms with Crippen LogP contribution in [0.2, 0.25) is 0 Å². The van der Waals surface area contributed by atoms with Crippen molar-refractivity contribution >= 4 is 10.0 Å². The van der Waals surface area contributed by atoms with Crippen molar-refractivity contribution in [3.8, 4) is 0 Å². The highest BCUT2D eigenvalue weighted by Gasteiger charge is 2.19. The number of hydrogen-bond donors (Lipinski definition) is 1. The minimum Gasteiger partial charge on any atom is -0.392 e. The third kappa shape index (κ3) is 4.40. The lowest BCUT2D eigenvalue weighted by atomic mass is 10.2. The van der Waals surface area contributed by atoms with Gasteiger partial charge in [0.1, 0.15) is 0 Å². The van der Waals surface area contributed by atoms with Gasteiger partial charge in [0.2, 0.25) is 10.0 Å². The first-order valence-electron chi connectivity index (χ1n) is 5.98. The Hall–Kier alpha value is -0.910. The van der Waals surface area contributed by atoms with Crippen LogP contribution in [0.25, 0.3) is 0 Å². The molecule has 0 saturated heterocycles. The molecular formula is C13H21NO3S. The van der Waals surface area contributed by atoms with Crippen molar-refractivity contribution in [1.29, 1.82) is 0 Å². The Morgan fingerprint density at radius 1 is 1.17 bits per heavy atom. The van der Waals surface area contributed by atoms with Crippen molar-refractivity contribution in [3.63, 3.8) is 0 Å². The molecule has 0 saturated carbocycles. The molecule has 0 amide bonds. The molecule has 0 aliphatic rings. The Labute approximate surface area is 109 Å². The van der Waals surface area contributed by atoms with Crippen LogP contribution in [0.5, 0.6) is 0 Å². The molecule has 1 rings (SSSR count). The van der Waals surface area contributed by atoms with Gasteiger partial charge in [-0.1, -0.05) is 38.1 Å². The van der Waals surface area contributed by atoms with Gasteiger partial charge in [0, 0.05) is 13.6 Å². The highest BCUT2D eigenvalue weighted by atomic mass is 32.2. The molecule has 18 heavy (non-hydrogen) atoms. The van der Waals surface area contributed by atoms with Crippen molar-refractivity contribution < 1.29 is 13.5 Å². The standard InChI is InChI=1S/C13H21NO3S/c1-11(2)8-14(3)18(16,17)10-13-6-4-12(9-15)5-7-13/h4-7,11,15H,8-10H2,1-3H3. The summed E-state index contributed by atoms with van der Waals surface area (Å²) in [4.78, 5) is 0. The van der Waals surface area contributed by atoms with E-state index in [1.807, 2.05) is 13.8 Å². The molecule has 0 radical (unpaired) electrons. The number of benzene rings is 1. The maximum Gasteiger partial charge on any atom is 0.218 e. The summed E-state index contributed by atoms with van der Waals surface area (Å²) in [6, 6.07) is 6.97. The van der Waals surface area contributed by atoms with Crippen LogP contribution in [-0.4, -0.2) is 31.4 Å². The molecule has 0 unspecified atom stereocenters. The predicted octanol–water partition coefficient (Wildman–Crippen LogP) is 1.60. The van der Waals surface area contributed by atoms with E-state index in [2.05, 4.69) is 0 Å². The quantitative estimate of drug-likeness (QED) is 0.855. The molecule has 5 heteroatoms. The molecule has 1 N–H and O–H groups in total. The Kier molecular flexibility index (Phi) is 5.31. The van der Waals surface area contributed by atoms with E-state index in [9.17, 15) is 8.42 Å². The SMILES string of the molecule is CC(C)CN(C)S(=O)(=O)Cc1ccc(CO)cc1. The van der Waals surface area contributed by atoms with Gasteiger partial charge in [-0.15, -0.1) is 0 Å². The maximum atomic E-state index is 12.1. The number of aliphatic hydroxyl groups is 1. The normalized spacial score (nSPS) is 12.3. The van der Waals surface area contributed by atoms with Crippen molar-refractivity contribution in [2.45, 2.75) is 26.2 Å². The molecule has 1 aromatic carbocycles. The van der Waals surface area contributed by atoms with Crippen LogP contribution in [-0.2, 0) is 22.4 Å². The number of hydrogen-bond acceptors (Lipinski definition) is 3. The maximum absolute atomic E-state index is 12.1.